The van der Waals surface area contributed by atoms with Crippen LogP contribution in [0.1, 0.15) is 40.5 Å². The van der Waals surface area contributed by atoms with Gasteiger partial charge >= 0.3 is 0 Å². The fourth-order valence-electron chi connectivity index (χ4n) is 3.41. The van der Waals surface area contributed by atoms with E-state index in [2.05, 4.69) is 45.0 Å². The molecular weight excluding hydrogens is 224 g/mol. The average molecular weight is 256 g/mol. The highest BCUT2D eigenvalue weighted by molar-refractivity contribution is 4.96. The molecule has 18 heavy (non-hydrogen) atoms. The summed E-state index contributed by atoms with van der Waals surface area (Å²) in [5.74, 6) is 0.768. The van der Waals surface area contributed by atoms with Crippen LogP contribution in [0.2, 0.25) is 0 Å². The molecule has 1 fully saturated rings. The fourth-order valence-corrected chi connectivity index (χ4v) is 3.41. The second-order valence-corrected chi connectivity index (χ2v) is 6.64. The molecule has 0 amide bonds. The maximum Gasteiger partial charge on any atom is 0.0589 e. The number of methoxy groups -OCH3 is 1. The van der Waals surface area contributed by atoms with Gasteiger partial charge in [-0.2, -0.15) is 0 Å². The third-order valence-electron chi connectivity index (χ3n) is 4.57. The minimum atomic E-state index is 0.434. The Morgan fingerprint density at radius 3 is 2.56 bits per heavy atom. The molecule has 0 bridgehead atoms. The fraction of sp³-hybridized carbons (Fsp3) is 1.00. The van der Waals surface area contributed by atoms with Crippen LogP contribution in [0.4, 0.5) is 0 Å². The Balaban J connectivity index is 2.58. The van der Waals surface area contributed by atoms with Gasteiger partial charge in [-0.15, -0.1) is 0 Å². The van der Waals surface area contributed by atoms with Crippen LogP contribution in [-0.4, -0.2) is 50.8 Å². The molecule has 0 aromatic rings. The first kappa shape index (κ1) is 15.9. The molecule has 0 saturated heterocycles. The van der Waals surface area contributed by atoms with Gasteiger partial charge in [-0.3, -0.25) is 4.90 Å². The molecule has 1 rings (SSSR count). The lowest BCUT2D eigenvalue weighted by Crippen LogP contribution is -2.46. The van der Waals surface area contributed by atoms with Crippen molar-refractivity contribution in [1.82, 2.24) is 10.2 Å². The van der Waals surface area contributed by atoms with E-state index >= 15 is 0 Å². The van der Waals surface area contributed by atoms with Crippen LogP contribution in [0.3, 0.4) is 0 Å². The van der Waals surface area contributed by atoms with E-state index < -0.39 is 0 Å². The van der Waals surface area contributed by atoms with E-state index in [4.69, 9.17) is 4.74 Å². The third kappa shape index (κ3) is 3.94. The average Bonchev–Trinajstić information content (AvgIpc) is 2.58. The van der Waals surface area contributed by atoms with E-state index in [0.29, 0.717) is 17.5 Å². The van der Waals surface area contributed by atoms with Gasteiger partial charge in [0.05, 0.1) is 6.61 Å². The van der Waals surface area contributed by atoms with Gasteiger partial charge in [0.25, 0.3) is 0 Å². The zero-order valence-electron chi connectivity index (χ0n) is 13.1. The SMILES string of the molecule is CNC1C(CN(CCOC)C(C)C)CCC1(C)C. The lowest BCUT2D eigenvalue weighted by Gasteiger charge is -2.35. The lowest BCUT2D eigenvalue weighted by molar-refractivity contribution is 0.108. The predicted molar refractivity (Wildman–Crippen MR) is 77.9 cm³/mol. The van der Waals surface area contributed by atoms with E-state index in [1.54, 1.807) is 7.11 Å². The summed E-state index contributed by atoms with van der Waals surface area (Å²) in [6.45, 7) is 12.4. The monoisotopic (exact) mass is 256 g/mol. The molecule has 0 aromatic heterocycles. The number of rotatable bonds is 7. The Morgan fingerprint density at radius 2 is 2.06 bits per heavy atom. The Morgan fingerprint density at radius 1 is 1.39 bits per heavy atom. The molecule has 3 nitrogen and oxygen atoms in total. The minimum Gasteiger partial charge on any atom is -0.383 e. The summed E-state index contributed by atoms with van der Waals surface area (Å²) in [6, 6.07) is 1.24. The van der Waals surface area contributed by atoms with Crippen LogP contribution >= 0.6 is 0 Å². The molecule has 0 radical (unpaired) electrons. The maximum atomic E-state index is 5.22. The summed E-state index contributed by atoms with van der Waals surface area (Å²) in [4.78, 5) is 2.56. The topological polar surface area (TPSA) is 24.5 Å². The smallest absolute Gasteiger partial charge is 0.0589 e. The van der Waals surface area contributed by atoms with Crippen molar-refractivity contribution in [2.75, 3.05) is 33.9 Å². The van der Waals surface area contributed by atoms with Gasteiger partial charge in [-0.1, -0.05) is 13.8 Å². The molecule has 1 saturated carbocycles. The highest BCUT2D eigenvalue weighted by Gasteiger charge is 2.41. The standard InChI is InChI=1S/C15H32N2O/c1-12(2)17(9-10-18-6)11-13-7-8-15(3,4)14(13)16-5/h12-14,16H,7-11H2,1-6H3. The summed E-state index contributed by atoms with van der Waals surface area (Å²) in [6.07, 6.45) is 2.67. The van der Waals surface area contributed by atoms with Crippen LogP contribution < -0.4 is 5.32 Å². The van der Waals surface area contributed by atoms with Crippen molar-refractivity contribution >= 4 is 0 Å². The number of hydrogen-bond acceptors (Lipinski definition) is 3. The lowest BCUT2D eigenvalue weighted by atomic mass is 9.84. The van der Waals surface area contributed by atoms with Gasteiger partial charge < -0.3 is 10.1 Å². The number of hydrogen-bond donors (Lipinski definition) is 1. The summed E-state index contributed by atoms with van der Waals surface area (Å²) >= 11 is 0. The van der Waals surface area contributed by atoms with Crippen molar-refractivity contribution < 1.29 is 4.74 Å². The molecule has 2 atom stereocenters. The van der Waals surface area contributed by atoms with Gasteiger partial charge in [0.1, 0.15) is 0 Å². The van der Waals surface area contributed by atoms with Crippen molar-refractivity contribution in [3.63, 3.8) is 0 Å². The maximum absolute atomic E-state index is 5.22. The molecule has 1 N–H and O–H groups in total. The second-order valence-electron chi connectivity index (χ2n) is 6.64. The van der Waals surface area contributed by atoms with Gasteiger partial charge in [-0.25, -0.2) is 0 Å². The highest BCUT2D eigenvalue weighted by atomic mass is 16.5. The van der Waals surface area contributed by atoms with Crippen LogP contribution in [0.5, 0.6) is 0 Å². The molecular formula is C15H32N2O. The quantitative estimate of drug-likeness (QED) is 0.757. The predicted octanol–water partition coefficient (Wildman–Crippen LogP) is 2.37. The van der Waals surface area contributed by atoms with Crippen molar-refractivity contribution in [1.29, 1.82) is 0 Å². The molecule has 108 valence electrons. The number of nitrogens with one attached hydrogen (secondary N) is 1. The zero-order chi connectivity index (χ0) is 13.8. The van der Waals surface area contributed by atoms with E-state index in [-0.39, 0.29) is 0 Å². The molecule has 0 heterocycles. The van der Waals surface area contributed by atoms with Gasteiger partial charge in [0.15, 0.2) is 0 Å². The van der Waals surface area contributed by atoms with Crippen LogP contribution in [0.25, 0.3) is 0 Å². The van der Waals surface area contributed by atoms with E-state index in [1.807, 2.05) is 0 Å². The van der Waals surface area contributed by atoms with Gasteiger partial charge in [-0.05, 0) is 45.1 Å². The Hall–Kier alpha value is -0.120. The molecule has 2 unspecified atom stereocenters. The van der Waals surface area contributed by atoms with Crippen LogP contribution in [0, 0.1) is 11.3 Å². The number of ether oxygens (including phenoxy) is 1. The normalized spacial score (nSPS) is 27.3. The summed E-state index contributed by atoms with van der Waals surface area (Å²) in [7, 11) is 3.90. The first-order valence-electron chi connectivity index (χ1n) is 7.32. The molecule has 1 aliphatic carbocycles. The minimum absolute atomic E-state index is 0.434. The first-order chi connectivity index (χ1) is 8.42. The van der Waals surface area contributed by atoms with Crippen LogP contribution in [0.15, 0.2) is 0 Å². The molecule has 3 heteroatoms. The summed E-state index contributed by atoms with van der Waals surface area (Å²) in [5.41, 5.74) is 0.434. The Labute approximate surface area is 113 Å². The van der Waals surface area contributed by atoms with Gasteiger partial charge in [0.2, 0.25) is 0 Å². The van der Waals surface area contributed by atoms with Crippen molar-refractivity contribution in [3.05, 3.63) is 0 Å². The van der Waals surface area contributed by atoms with Crippen molar-refractivity contribution in [2.24, 2.45) is 11.3 Å². The third-order valence-corrected chi connectivity index (χ3v) is 4.57. The summed E-state index contributed by atoms with van der Waals surface area (Å²) < 4.78 is 5.22. The van der Waals surface area contributed by atoms with Crippen molar-refractivity contribution in [2.45, 2.75) is 52.6 Å². The van der Waals surface area contributed by atoms with Crippen molar-refractivity contribution in [3.8, 4) is 0 Å². The Bertz CT molecular complexity index is 241. The van der Waals surface area contributed by atoms with Crippen LogP contribution in [-0.2, 0) is 4.74 Å². The molecule has 0 spiro atoms. The largest absolute Gasteiger partial charge is 0.383 e. The zero-order valence-corrected chi connectivity index (χ0v) is 13.1. The van der Waals surface area contributed by atoms with Gasteiger partial charge in [0, 0.05) is 32.3 Å². The van der Waals surface area contributed by atoms with E-state index in [1.165, 1.54) is 19.4 Å². The number of nitrogens with zero attached hydrogens (tertiary/aromatic N) is 1. The first-order valence-corrected chi connectivity index (χ1v) is 7.32. The van der Waals surface area contributed by atoms with E-state index in [0.717, 1.165) is 19.1 Å². The molecule has 1 aliphatic rings. The second kappa shape index (κ2) is 6.88. The van der Waals surface area contributed by atoms with E-state index in [9.17, 15) is 0 Å². The summed E-state index contributed by atoms with van der Waals surface area (Å²) in [5, 5.41) is 3.55. The highest BCUT2D eigenvalue weighted by Crippen LogP contribution is 2.41. The Kier molecular flexibility index (Phi) is 6.09. The molecule has 0 aliphatic heterocycles. The molecule has 0 aromatic carbocycles.